The van der Waals surface area contributed by atoms with Gasteiger partial charge in [-0.15, -0.1) is 21.5 Å². The zero-order chi connectivity index (χ0) is 16.9. The van der Waals surface area contributed by atoms with E-state index in [1.54, 1.807) is 6.20 Å². The molecule has 0 radical (unpaired) electrons. The maximum atomic E-state index is 12.0. The fourth-order valence-electron chi connectivity index (χ4n) is 2.17. The van der Waals surface area contributed by atoms with Gasteiger partial charge in [-0.2, -0.15) is 0 Å². The molecule has 1 N–H and O–H groups in total. The van der Waals surface area contributed by atoms with E-state index in [-0.39, 0.29) is 11.7 Å². The summed E-state index contributed by atoms with van der Waals surface area (Å²) in [5.41, 5.74) is 2.23. The van der Waals surface area contributed by atoms with Crippen LogP contribution in [0.5, 0.6) is 0 Å². The molecule has 1 aromatic carbocycles. The number of aryl methyl sites for hydroxylation is 1. The first kappa shape index (κ1) is 16.7. The fraction of sp³-hybridized carbons (Fsp3) is 0.250. The first-order valence-corrected chi connectivity index (χ1v) is 9.36. The molecular formula is C16H17N5OS2. The monoisotopic (exact) mass is 359 g/mol. The summed E-state index contributed by atoms with van der Waals surface area (Å²) in [5, 5.41) is 14.5. The highest BCUT2D eigenvalue weighted by Gasteiger charge is 2.14. The van der Waals surface area contributed by atoms with Crippen LogP contribution < -0.4 is 5.32 Å². The Morgan fingerprint density at radius 3 is 2.75 bits per heavy atom. The lowest BCUT2D eigenvalue weighted by Crippen LogP contribution is -2.14. The lowest BCUT2D eigenvalue weighted by molar-refractivity contribution is -0.113. The molecule has 2 heterocycles. The van der Waals surface area contributed by atoms with E-state index in [2.05, 4.69) is 39.6 Å². The van der Waals surface area contributed by atoms with Gasteiger partial charge < -0.3 is 9.88 Å². The van der Waals surface area contributed by atoms with E-state index in [1.165, 1.54) is 28.7 Å². The lowest BCUT2D eigenvalue weighted by atomic mass is 10.1. The van der Waals surface area contributed by atoms with E-state index < -0.39 is 0 Å². The van der Waals surface area contributed by atoms with Gasteiger partial charge in [0.1, 0.15) is 0 Å². The number of rotatable bonds is 6. The Morgan fingerprint density at radius 2 is 2.08 bits per heavy atom. The summed E-state index contributed by atoms with van der Waals surface area (Å²) >= 11 is 2.77. The second-order valence-electron chi connectivity index (χ2n) is 5.09. The topological polar surface area (TPSA) is 72.7 Å². The third-order valence-corrected chi connectivity index (χ3v) is 5.01. The zero-order valence-corrected chi connectivity index (χ0v) is 15.0. The van der Waals surface area contributed by atoms with E-state index in [9.17, 15) is 4.79 Å². The van der Waals surface area contributed by atoms with Crippen molar-refractivity contribution in [2.75, 3.05) is 11.1 Å². The smallest absolute Gasteiger partial charge is 0.236 e. The van der Waals surface area contributed by atoms with Crippen molar-refractivity contribution in [3.63, 3.8) is 0 Å². The van der Waals surface area contributed by atoms with Crippen LogP contribution in [0.3, 0.4) is 0 Å². The molecule has 3 rings (SSSR count). The van der Waals surface area contributed by atoms with Gasteiger partial charge in [0.05, 0.1) is 5.75 Å². The van der Waals surface area contributed by atoms with Crippen molar-refractivity contribution in [2.24, 2.45) is 0 Å². The van der Waals surface area contributed by atoms with E-state index in [0.717, 1.165) is 23.1 Å². The van der Waals surface area contributed by atoms with Crippen molar-refractivity contribution in [2.45, 2.75) is 25.5 Å². The summed E-state index contributed by atoms with van der Waals surface area (Å²) < 4.78 is 2.02. The fourth-order valence-corrected chi connectivity index (χ4v) is 3.51. The number of anilines is 1. The number of hydrogen-bond donors (Lipinski definition) is 1. The molecule has 124 valence electrons. The molecule has 24 heavy (non-hydrogen) atoms. The normalized spacial score (nSPS) is 10.8. The van der Waals surface area contributed by atoms with Crippen molar-refractivity contribution in [3.05, 3.63) is 41.4 Å². The Morgan fingerprint density at radius 1 is 1.29 bits per heavy atom. The van der Waals surface area contributed by atoms with E-state index in [1.807, 2.05) is 29.0 Å². The van der Waals surface area contributed by atoms with Crippen LogP contribution in [0.25, 0.3) is 11.4 Å². The number of benzene rings is 1. The van der Waals surface area contributed by atoms with Gasteiger partial charge in [0.25, 0.3) is 0 Å². The molecule has 8 heteroatoms. The molecule has 0 aliphatic rings. The van der Waals surface area contributed by atoms with Crippen LogP contribution in [-0.2, 0) is 11.3 Å². The third kappa shape index (κ3) is 3.82. The van der Waals surface area contributed by atoms with Gasteiger partial charge in [0.2, 0.25) is 5.91 Å². The zero-order valence-electron chi connectivity index (χ0n) is 13.4. The lowest BCUT2D eigenvalue weighted by Gasteiger charge is -2.07. The van der Waals surface area contributed by atoms with E-state index in [0.29, 0.717) is 5.13 Å². The summed E-state index contributed by atoms with van der Waals surface area (Å²) in [6.45, 7) is 4.84. The molecule has 0 saturated heterocycles. The Kier molecular flexibility index (Phi) is 5.27. The van der Waals surface area contributed by atoms with Gasteiger partial charge in [-0.3, -0.25) is 4.79 Å². The molecule has 6 nitrogen and oxygen atoms in total. The Hall–Kier alpha value is -2.19. The molecule has 0 atom stereocenters. The van der Waals surface area contributed by atoms with Gasteiger partial charge in [0, 0.05) is 23.7 Å². The van der Waals surface area contributed by atoms with Crippen molar-refractivity contribution in [3.8, 4) is 11.4 Å². The molecule has 0 aliphatic heterocycles. The predicted molar refractivity (Wildman–Crippen MR) is 97.3 cm³/mol. The quantitative estimate of drug-likeness (QED) is 0.682. The molecule has 1 amide bonds. The summed E-state index contributed by atoms with van der Waals surface area (Å²) in [5.74, 6) is 0.990. The number of hydrogen-bond acceptors (Lipinski definition) is 6. The largest absolute Gasteiger partial charge is 0.302 e. The van der Waals surface area contributed by atoms with Gasteiger partial charge in [0.15, 0.2) is 16.1 Å². The van der Waals surface area contributed by atoms with Gasteiger partial charge in [-0.1, -0.05) is 41.6 Å². The van der Waals surface area contributed by atoms with Crippen molar-refractivity contribution >= 4 is 34.1 Å². The SMILES string of the molecule is CCn1c(SCC(=O)Nc2nccs2)nnc1-c1ccc(C)cc1. The maximum Gasteiger partial charge on any atom is 0.236 e. The van der Waals surface area contributed by atoms with Crippen molar-refractivity contribution in [1.29, 1.82) is 0 Å². The standard InChI is InChI=1S/C16H17N5OS2/c1-3-21-14(12-6-4-11(2)5-7-12)19-20-16(21)24-10-13(22)18-15-17-8-9-23-15/h4-9H,3,10H2,1-2H3,(H,17,18,22). The first-order valence-electron chi connectivity index (χ1n) is 7.49. The highest BCUT2D eigenvalue weighted by atomic mass is 32.2. The molecule has 0 bridgehead atoms. The number of carbonyl (C=O) groups is 1. The average Bonchev–Trinajstić information content (AvgIpc) is 3.22. The van der Waals surface area contributed by atoms with E-state index >= 15 is 0 Å². The third-order valence-electron chi connectivity index (χ3n) is 3.35. The number of thiazole rings is 1. The number of aromatic nitrogens is 4. The van der Waals surface area contributed by atoms with Crippen LogP contribution in [0.4, 0.5) is 5.13 Å². The van der Waals surface area contributed by atoms with Crippen LogP contribution in [0.2, 0.25) is 0 Å². The van der Waals surface area contributed by atoms with Crippen LogP contribution in [-0.4, -0.2) is 31.4 Å². The Balaban J connectivity index is 1.70. The van der Waals surface area contributed by atoms with E-state index in [4.69, 9.17) is 0 Å². The number of nitrogens with one attached hydrogen (secondary N) is 1. The molecule has 0 aliphatic carbocycles. The predicted octanol–water partition coefficient (Wildman–Crippen LogP) is 3.46. The maximum absolute atomic E-state index is 12.0. The highest BCUT2D eigenvalue weighted by molar-refractivity contribution is 7.99. The van der Waals surface area contributed by atoms with Crippen LogP contribution >= 0.6 is 23.1 Å². The molecule has 0 unspecified atom stereocenters. The minimum atomic E-state index is -0.0995. The summed E-state index contributed by atoms with van der Waals surface area (Å²) in [6, 6.07) is 8.18. The summed E-state index contributed by atoms with van der Waals surface area (Å²) in [6.07, 6.45) is 1.66. The number of carbonyl (C=O) groups excluding carboxylic acids is 1. The Labute approximate surface area is 148 Å². The first-order chi connectivity index (χ1) is 11.7. The molecule has 3 aromatic rings. The molecular weight excluding hydrogens is 342 g/mol. The second-order valence-corrected chi connectivity index (χ2v) is 6.93. The van der Waals surface area contributed by atoms with Crippen LogP contribution in [0, 0.1) is 6.92 Å². The molecule has 0 fully saturated rings. The van der Waals surface area contributed by atoms with Gasteiger partial charge in [-0.05, 0) is 13.8 Å². The van der Waals surface area contributed by atoms with Crippen molar-refractivity contribution < 1.29 is 4.79 Å². The second kappa shape index (κ2) is 7.59. The highest BCUT2D eigenvalue weighted by Crippen LogP contribution is 2.24. The molecule has 2 aromatic heterocycles. The number of thioether (sulfide) groups is 1. The minimum absolute atomic E-state index is 0.0995. The van der Waals surface area contributed by atoms with Crippen molar-refractivity contribution in [1.82, 2.24) is 19.7 Å². The van der Waals surface area contributed by atoms with Crippen LogP contribution in [0.1, 0.15) is 12.5 Å². The summed E-state index contributed by atoms with van der Waals surface area (Å²) in [7, 11) is 0. The minimum Gasteiger partial charge on any atom is -0.302 e. The van der Waals surface area contributed by atoms with Crippen LogP contribution in [0.15, 0.2) is 41.0 Å². The average molecular weight is 359 g/mol. The van der Waals surface area contributed by atoms with Gasteiger partial charge >= 0.3 is 0 Å². The number of nitrogens with zero attached hydrogens (tertiary/aromatic N) is 4. The summed E-state index contributed by atoms with van der Waals surface area (Å²) in [4.78, 5) is 16.0. The number of amides is 1. The molecule has 0 spiro atoms. The molecule has 0 saturated carbocycles. The van der Waals surface area contributed by atoms with Gasteiger partial charge in [-0.25, -0.2) is 4.98 Å². The Bertz CT molecular complexity index is 812.